The van der Waals surface area contributed by atoms with Gasteiger partial charge in [-0.3, -0.25) is 4.40 Å². The van der Waals surface area contributed by atoms with Crippen molar-refractivity contribution in [3.05, 3.63) is 64.0 Å². The Morgan fingerprint density at radius 1 is 1.17 bits per heavy atom. The zero-order valence-electron chi connectivity index (χ0n) is 9.97. The SMILES string of the molecule is Cc1cccn2c(Cc3cccc(Br)c3)nnc12. The van der Waals surface area contributed by atoms with Crippen LogP contribution in [0.25, 0.3) is 5.65 Å². The van der Waals surface area contributed by atoms with Gasteiger partial charge in [-0.25, -0.2) is 0 Å². The minimum absolute atomic E-state index is 0.782. The van der Waals surface area contributed by atoms with E-state index < -0.39 is 0 Å². The van der Waals surface area contributed by atoms with Crippen LogP contribution in [0.15, 0.2) is 47.1 Å². The Hall–Kier alpha value is -1.68. The number of hydrogen-bond donors (Lipinski definition) is 0. The number of aryl methyl sites for hydroxylation is 1. The van der Waals surface area contributed by atoms with Crippen LogP contribution in [0.2, 0.25) is 0 Å². The summed E-state index contributed by atoms with van der Waals surface area (Å²) in [5.74, 6) is 0.965. The lowest BCUT2D eigenvalue weighted by atomic mass is 10.1. The summed E-state index contributed by atoms with van der Waals surface area (Å²) < 4.78 is 3.14. The smallest absolute Gasteiger partial charge is 0.163 e. The maximum Gasteiger partial charge on any atom is 0.163 e. The Balaban J connectivity index is 2.03. The van der Waals surface area contributed by atoms with Gasteiger partial charge in [-0.2, -0.15) is 0 Å². The first kappa shape index (κ1) is 11.4. The van der Waals surface area contributed by atoms with Crippen molar-refractivity contribution in [1.29, 1.82) is 0 Å². The Morgan fingerprint density at radius 3 is 2.89 bits per heavy atom. The van der Waals surface area contributed by atoms with E-state index in [1.807, 2.05) is 37.4 Å². The van der Waals surface area contributed by atoms with E-state index in [9.17, 15) is 0 Å². The highest BCUT2D eigenvalue weighted by molar-refractivity contribution is 9.10. The molecule has 0 spiro atoms. The van der Waals surface area contributed by atoms with E-state index in [1.54, 1.807) is 0 Å². The van der Waals surface area contributed by atoms with Crippen LogP contribution in [0.4, 0.5) is 0 Å². The molecule has 0 unspecified atom stereocenters. The highest BCUT2D eigenvalue weighted by atomic mass is 79.9. The summed E-state index contributed by atoms with van der Waals surface area (Å²) in [4.78, 5) is 0. The topological polar surface area (TPSA) is 30.2 Å². The molecule has 2 heterocycles. The van der Waals surface area contributed by atoms with Crippen molar-refractivity contribution in [1.82, 2.24) is 14.6 Å². The number of halogens is 1. The largest absolute Gasteiger partial charge is 0.286 e. The van der Waals surface area contributed by atoms with Crippen LogP contribution in [-0.2, 0) is 6.42 Å². The molecule has 0 amide bonds. The molecule has 90 valence electrons. The maximum atomic E-state index is 4.28. The van der Waals surface area contributed by atoms with E-state index >= 15 is 0 Å². The molecule has 0 aliphatic carbocycles. The number of aromatic nitrogens is 3. The first-order valence-corrected chi connectivity index (χ1v) is 6.57. The van der Waals surface area contributed by atoms with Gasteiger partial charge in [0, 0.05) is 17.1 Å². The summed E-state index contributed by atoms with van der Waals surface area (Å²) in [6, 6.07) is 12.3. The number of fused-ring (bicyclic) bond motifs is 1. The molecule has 0 aliphatic heterocycles. The Bertz CT molecular complexity index is 703. The number of pyridine rings is 1. The summed E-state index contributed by atoms with van der Waals surface area (Å²) in [5.41, 5.74) is 3.30. The van der Waals surface area contributed by atoms with Crippen LogP contribution in [0.5, 0.6) is 0 Å². The van der Waals surface area contributed by atoms with E-state index in [4.69, 9.17) is 0 Å². The summed E-state index contributed by atoms with van der Waals surface area (Å²) in [6.07, 6.45) is 2.79. The number of rotatable bonds is 2. The van der Waals surface area contributed by atoms with Crippen molar-refractivity contribution in [2.45, 2.75) is 13.3 Å². The third-order valence-corrected chi connectivity index (χ3v) is 3.45. The molecule has 0 radical (unpaired) electrons. The first-order chi connectivity index (χ1) is 8.74. The van der Waals surface area contributed by atoms with Gasteiger partial charge in [0.1, 0.15) is 5.82 Å². The molecule has 3 nitrogen and oxygen atoms in total. The van der Waals surface area contributed by atoms with Crippen molar-refractivity contribution in [3.8, 4) is 0 Å². The van der Waals surface area contributed by atoms with Crippen molar-refractivity contribution in [2.75, 3.05) is 0 Å². The molecule has 0 bridgehead atoms. The highest BCUT2D eigenvalue weighted by Gasteiger charge is 2.07. The fraction of sp³-hybridized carbons (Fsp3) is 0.143. The van der Waals surface area contributed by atoms with E-state index in [2.05, 4.69) is 42.7 Å². The van der Waals surface area contributed by atoms with Crippen molar-refractivity contribution < 1.29 is 0 Å². The molecule has 0 saturated heterocycles. The molecular formula is C14H12BrN3. The minimum Gasteiger partial charge on any atom is -0.286 e. The normalized spacial score (nSPS) is 11.0. The Kier molecular flexibility index (Phi) is 2.88. The predicted molar refractivity (Wildman–Crippen MR) is 74.7 cm³/mol. The van der Waals surface area contributed by atoms with Gasteiger partial charge in [-0.15, -0.1) is 10.2 Å². The summed E-state index contributed by atoms with van der Waals surface area (Å²) in [5, 5.41) is 8.52. The predicted octanol–water partition coefficient (Wildman–Crippen LogP) is 3.39. The van der Waals surface area contributed by atoms with E-state index in [1.165, 1.54) is 5.56 Å². The fourth-order valence-corrected chi connectivity index (χ4v) is 2.49. The van der Waals surface area contributed by atoms with Gasteiger partial charge in [0.2, 0.25) is 0 Å². The maximum absolute atomic E-state index is 4.28. The van der Waals surface area contributed by atoms with Crippen LogP contribution < -0.4 is 0 Å². The molecule has 0 saturated carbocycles. The van der Waals surface area contributed by atoms with Crippen LogP contribution in [0.3, 0.4) is 0 Å². The molecule has 0 atom stereocenters. The van der Waals surface area contributed by atoms with Gasteiger partial charge in [0.25, 0.3) is 0 Å². The van der Waals surface area contributed by atoms with Crippen LogP contribution in [-0.4, -0.2) is 14.6 Å². The molecule has 3 rings (SSSR count). The number of hydrogen-bond acceptors (Lipinski definition) is 2. The Labute approximate surface area is 114 Å². The molecule has 4 heteroatoms. The van der Waals surface area contributed by atoms with E-state index in [0.29, 0.717) is 0 Å². The average Bonchev–Trinajstić information content (AvgIpc) is 2.74. The zero-order chi connectivity index (χ0) is 12.5. The second kappa shape index (κ2) is 4.53. The molecule has 18 heavy (non-hydrogen) atoms. The summed E-state index contributed by atoms with van der Waals surface area (Å²) in [7, 11) is 0. The lowest BCUT2D eigenvalue weighted by molar-refractivity contribution is 0.933. The third kappa shape index (κ3) is 2.04. The lowest BCUT2D eigenvalue weighted by Crippen LogP contribution is -1.96. The zero-order valence-corrected chi connectivity index (χ0v) is 11.6. The molecule has 0 N–H and O–H groups in total. The van der Waals surface area contributed by atoms with Crippen LogP contribution >= 0.6 is 15.9 Å². The Morgan fingerprint density at radius 2 is 2.06 bits per heavy atom. The molecule has 2 aromatic heterocycles. The highest BCUT2D eigenvalue weighted by Crippen LogP contribution is 2.16. The van der Waals surface area contributed by atoms with Crippen LogP contribution in [0.1, 0.15) is 17.0 Å². The van der Waals surface area contributed by atoms with Gasteiger partial charge < -0.3 is 0 Å². The van der Waals surface area contributed by atoms with Crippen molar-refractivity contribution in [2.24, 2.45) is 0 Å². The van der Waals surface area contributed by atoms with E-state index in [0.717, 1.165) is 27.9 Å². The fourth-order valence-electron chi connectivity index (χ4n) is 2.05. The van der Waals surface area contributed by atoms with Crippen molar-refractivity contribution in [3.63, 3.8) is 0 Å². The van der Waals surface area contributed by atoms with Gasteiger partial charge >= 0.3 is 0 Å². The van der Waals surface area contributed by atoms with Crippen LogP contribution in [0, 0.1) is 6.92 Å². The van der Waals surface area contributed by atoms with E-state index in [-0.39, 0.29) is 0 Å². The van der Waals surface area contributed by atoms with Gasteiger partial charge in [0.15, 0.2) is 5.65 Å². The lowest BCUT2D eigenvalue weighted by Gasteiger charge is -2.02. The number of benzene rings is 1. The third-order valence-electron chi connectivity index (χ3n) is 2.95. The standard InChI is InChI=1S/C14H12BrN3/c1-10-4-3-7-18-13(16-17-14(10)18)9-11-5-2-6-12(15)8-11/h2-8H,9H2,1H3. The minimum atomic E-state index is 0.782. The van der Waals surface area contributed by atoms with Gasteiger partial charge in [-0.1, -0.05) is 34.1 Å². The molecular weight excluding hydrogens is 290 g/mol. The average molecular weight is 302 g/mol. The molecule has 1 aromatic carbocycles. The van der Waals surface area contributed by atoms with Crippen molar-refractivity contribution >= 4 is 21.6 Å². The number of nitrogens with zero attached hydrogens (tertiary/aromatic N) is 3. The second-order valence-corrected chi connectivity index (χ2v) is 5.22. The molecule has 0 aliphatic rings. The molecule has 0 fully saturated rings. The van der Waals surface area contributed by atoms with Gasteiger partial charge in [0.05, 0.1) is 0 Å². The first-order valence-electron chi connectivity index (χ1n) is 5.78. The second-order valence-electron chi connectivity index (χ2n) is 4.31. The quantitative estimate of drug-likeness (QED) is 0.726. The van der Waals surface area contributed by atoms with Gasteiger partial charge in [-0.05, 0) is 36.2 Å². The summed E-state index contributed by atoms with van der Waals surface area (Å²) in [6.45, 7) is 2.05. The summed E-state index contributed by atoms with van der Waals surface area (Å²) >= 11 is 3.48. The molecule has 3 aromatic rings. The monoisotopic (exact) mass is 301 g/mol.